The summed E-state index contributed by atoms with van der Waals surface area (Å²) in [6.07, 6.45) is 5.95. The first-order valence-electron chi connectivity index (χ1n) is 7.12. The highest BCUT2D eigenvalue weighted by molar-refractivity contribution is 6.29. The van der Waals surface area contributed by atoms with Gasteiger partial charge in [0.05, 0.1) is 0 Å². The summed E-state index contributed by atoms with van der Waals surface area (Å²) in [5, 5.41) is 0.379. The van der Waals surface area contributed by atoms with Crippen LogP contribution in [-0.4, -0.2) is 28.9 Å². The van der Waals surface area contributed by atoms with E-state index in [0.29, 0.717) is 10.8 Å². The second-order valence-electron chi connectivity index (χ2n) is 5.22. The SMILES string of the molecule is CCCC1CCCN(C(=O)c2cccc(Cl)n2)CC1. The van der Waals surface area contributed by atoms with E-state index < -0.39 is 0 Å². The highest BCUT2D eigenvalue weighted by Gasteiger charge is 2.21. The summed E-state index contributed by atoms with van der Waals surface area (Å²) in [7, 11) is 0. The molecule has 4 heteroatoms. The number of carbonyl (C=O) groups excluding carboxylic acids is 1. The predicted molar refractivity (Wildman–Crippen MR) is 77.4 cm³/mol. The van der Waals surface area contributed by atoms with Gasteiger partial charge in [0.15, 0.2) is 0 Å². The maximum atomic E-state index is 12.4. The summed E-state index contributed by atoms with van der Waals surface area (Å²) in [4.78, 5) is 18.4. The molecule has 2 rings (SSSR count). The first-order chi connectivity index (χ1) is 9.20. The smallest absolute Gasteiger partial charge is 0.272 e. The van der Waals surface area contributed by atoms with E-state index in [1.807, 2.05) is 4.90 Å². The van der Waals surface area contributed by atoms with Crippen LogP contribution >= 0.6 is 11.6 Å². The van der Waals surface area contributed by atoms with Gasteiger partial charge < -0.3 is 4.90 Å². The van der Waals surface area contributed by atoms with Gasteiger partial charge in [-0.05, 0) is 37.3 Å². The molecule has 1 aliphatic rings. The first kappa shape index (κ1) is 14.3. The highest BCUT2D eigenvalue weighted by Crippen LogP contribution is 2.22. The van der Waals surface area contributed by atoms with Crippen LogP contribution in [0.25, 0.3) is 0 Å². The lowest BCUT2D eigenvalue weighted by Gasteiger charge is -2.20. The molecule has 0 saturated carbocycles. The molecule has 3 nitrogen and oxygen atoms in total. The summed E-state index contributed by atoms with van der Waals surface area (Å²) >= 11 is 5.84. The third kappa shape index (κ3) is 3.93. The molecule has 0 aromatic carbocycles. The Morgan fingerprint density at radius 1 is 1.42 bits per heavy atom. The Balaban J connectivity index is 2.00. The molecule has 1 aromatic rings. The number of nitrogens with zero attached hydrogens (tertiary/aromatic N) is 2. The summed E-state index contributed by atoms with van der Waals surface area (Å²) in [6, 6.07) is 5.21. The van der Waals surface area contributed by atoms with E-state index in [0.717, 1.165) is 31.8 Å². The summed E-state index contributed by atoms with van der Waals surface area (Å²) < 4.78 is 0. The monoisotopic (exact) mass is 280 g/mol. The Labute approximate surface area is 120 Å². The molecule has 0 radical (unpaired) electrons. The van der Waals surface area contributed by atoms with Crippen LogP contribution in [-0.2, 0) is 0 Å². The van der Waals surface area contributed by atoms with Crippen molar-refractivity contribution in [2.24, 2.45) is 5.92 Å². The van der Waals surface area contributed by atoms with Crippen molar-refractivity contribution in [2.75, 3.05) is 13.1 Å². The molecule has 19 heavy (non-hydrogen) atoms. The number of halogens is 1. The number of likely N-dealkylation sites (tertiary alicyclic amines) is 1. The number of hydrogen-bond acceptors (Lipinski definition) is 2. The second kappa shape index (κ2) is 6.90. The van der Waals surface area contributed by atoms with E-state index in [-0.39, 0.29) is 5.91 Å². The van der Waals surface area contributed by atoms with Crippen molar-refractivity contribution in [1.29, 1.82) is 0 Å². The Kier molecular flexibility index (Phi) is 5.20. The molecule has 1 amide bonds. The number of hydrogen-bond donors (Lipinski definition) is 0. The van der Waals surface area contributed by atoms with Gasteiger partial charge in [-0.15, -0.1) is 0 Å². The average molecular weight is 281 g/mol. The summed E-state index contributed by atoms with van der Waals surface area (Å²) in [6.45, 7) is 3.91. The van der Waals surface area contributed by atoms with Crippen LogP contribution in [0.4, 0.5) is 0 Å². The normalized spacial score (nSPS) is 20.1. The van der Waals surface area contributed by atoms with Crippen molar-refractivity contribution >= 4 is 17.5 Å². The molecule has 104 valence electrons. The van der Waals surface area contributed by atoms with Gasteiger partial charge in [0.2, 0.25) is 0 Å². The van der Waals surface area contributed by atoms with Crippen LogP contribution in [0.15, 0.2) is 18.2 Å². The average Bonchev–Trinajstić information content (AvgIpc) is 2.64. The molecule has 0 N–H and O–H groups in total. The third-order valence-corrected chi connectivity index (χ3v) is 3.98. The summed E-state index contributed by atoms with van der Waals surface area (Å²) in [5.41, 5.74) is 0.460. The van der Waals surface area contributed by atoms with Crippen molar-refractivity contribution in [1.82, 2.24) is 9.88 Å². The minimum Gasteiger partial charge on any atom is -0.337 e. The van der Waals surface area contributed by atoms with Crippen molar-refractivity contribution in [3.8, 4) is 0 Å². The maximum absolute atomic E-state index is 12.4. The zero-order valence-electron chi connectivity index (χ0n) is 11.4. The van der Waals surface area contributed by atoms with Gasteiger partial charge >= 0.3 is 0 Å². The zero-order chi connectivity index (χ0) is 13.7. The minimum atomic E-state index is 0.0136. The van der Waals surface area contributed by atoms with E-state index in [2.05, 4.69) is 11.9 Å². The van der Waals surface area contributed by atoms with Crippen LogP contribution in [0.1, 0.15) is 49.5 Å². The van der Waals surface area contributed by atoms with Gasteiger partial charge in [-0.25, -0.2) is 4.98 Å². The molecule has 0 aliphatic carbocycles. The van der Waals surface area contributed by atoms with E-state index in [4.69, 9.17) is 11.6 Å². The number of rotatable bonds is 3. The van der Waals surface area contributed by atoms with Crippen molar-refractivity contribution in [2.45, 2.75) is 39.0 Å². The fourth-order valence-electron chi connectivity index (χ4n) is 2.75. The lowest BCUT2D eigenvalue weighted by atomic mass is 9.96. The topological polar surface area (TPSA) is 33.2 Å². The number of pyridine rings is 1. The highest BCUT2D eigenvalue weighted by atomic mass is 35.5. The number of aromatic nitrogens is 1. The first-order valence-corrected chi connectivity index (χ1v) is 7.50. The van der Waals surface area contributed by atoms with E-state index in [9.17, 15) is 4.79 Å². The standard InChI is InChI=1S/C15H21ClN2O/c1-2-5-12-6-4-10-18(11-9-12)15(19)13-7-3-8-14(16)17-13/h3,7-8,12H,2,4-6,9-11H2,1H3. The van der Waals surface area contributed by atoms with Crippen LogP contribution in [0.3, 0.4) is 0 Å². The molecule has 0 spiro atoms. The van der Waals surface area contributed by atoms with Gasteiger partial charge in [-0.1, -0.05) is 37.4 Å². The third-order valence-electron chi connectivity index (χ3n) is 3.77. The van der Waals surface area contributed by atoms with Gasteiger partial charge in [-0.3, -0.25) is 4.79 Å². The maximum Gasteiger partial charge on any atom is 0.272 e. The molecular formula is C15H21ClN2O. The Hall–Kier alpha value is -1.09. The fourth-order valence-corrected chi connectivity index (χ4v) is 2.92. The molecule has 1 unspecified atom stereocenters. The second-order valence-corrected chi connectivity index (χ2v) is 5.61. The Bertz CT molecular complexity index is 436. The largest absolute Gasteiger partial charge is 0.337 e. The van der Waals surface area contributed by atoms with Gasteiger partial charge in [0.25, 0.3) is 5.91 Å². The predicted octanol–water partition coefficient (Wildman–Crippen LogP) is 3.78. The van der Waals surface area contributed by atoms with Gasteiger partial charge in [0, 0.05) is 13.1 Å². The molecule has 0 bridgehead atoms. The van der Waals surface area contributed by atoms with E-state index >= 15 is 0 Å². The molecular weight excluding hydrogens is 260 g/mol. The lowest BCUT2D eigenvalue weighted by molar-refractivity contribution is 0.0754. The van der Waals surface area contributed by atoms with Crippen molar-refractivity contribution in [3.63, 3.8) is 0 Å². The molecule has 1 atom stereocenters. The quantitative estimate of drug-likeness (QED) is 0.790. The van der Waals surface area contributed by atoms with E-state index in [1.165, 1.54) is 19.3 Å². The number of carbonyl (C=O) groups is 1. The van der Waals surface area contributed by atoms with Crippen molar-refractivity contribution in [3.05, 3.63) is 29.0 Å². The minimum absolute atomic E-state index is 0.0136. The van der Waals surface area contributed by atoms with Crippen molar-refractivity contribution < 1.29 is 4.79 Å². The molecule has 1 fully saturated rings. The van der Waals surface area contributed by atoms with Crippen LogP contribution < -0.4 is 0 Å². The molecule has 1 aliphatic heterocycles. The van der Waals surface area contributed by atoms with Crippen LogP contribution in [0.5, 0.6) is 0 Å². The van der Waals surface area contributed by atoms with Crippen LogP contribution in [0, 0.1) is 5.92 Å². The van der Waals surface area contributed by atoms with Crippen LogP contribution in [0.2, 0.25) is 5.15 Å². The Morgan fingerprint density at radius 2 is 2.26 bits per heavy atom. The number of amides is 1. The zero-order valence-corrected chi connectivity index (χ0v) is 12.2. The molecule has 1 saturated heterocycles. The fraction of sp³-hybridized carbons (Fsp3) is 0.600. The molecule has 1 aromatic heterocycles. The Morgan fingerprint density at radius 3 is 3.00 bits per heavy atom. The summed E-state index contributed by atoms with van der Waals surface area (Å²) in [5.74, 6) is 0.787. The lowest BCUT2D eigenvalue weighted by Crippen LogP contribution is -2.32. The van der Waals surface area contributed by atoms with Gasteiger partial charge in [-0.2, -0.15) is 0 Å². The van der Waals surface area contributed by atoms with E-state index in [1.54, 1.807) is 18.2 Å². The van der Waals surface area contributed by atoms with Gasteiger partial charge in [0.1, 0.15) is 10.8 Å². The molecule has 2 heterocycles.